The van der Waals surface area contributed by atoms with Crippen molar-refractivity contribution in [2.75, 3.05) is 7.05 Å². The molecule has 2 aromatic rings. The van der Waals surface area contributed by atoms with Gasteiger partial charge in [-0.05, 0) is 50.3 Å². The van der Waals surface area contributed by atoms with Crippen molar-refractivity contribution < 1.29 is 32.1 Å². The molecule has 1 unspecified atom stereocenters. The number of halogens is 2. The highest BCUT2D eigenvalue weighted by Gasteiger charge is 2.54. The van der Waals surface area contributed by atoms with Gasteiger partial charge in [-0.2, -0.15) is 4.31 Å². The van der Waals surface area contributed by atoms with Gasteiger partial charge in [0.05, 0.1) is 11.5 Å². The van der Waals surface area contributed by atoms with Gasteiger partial charge in [0.2, 0.25) is 15.9 Å². The molecule has 194 valence electrons. The molecule has 2 heterocycles. The normalized spacial score (nSPS) is 32.1. The average Bonchev–Trinajstić information content (AvgIpc) is 3.15. The third-order valence-electron chi connectivity index (χ3n) is 7.54. The standard InChI is InChI=1S/C25H29F2N3O5S/c1-15-8-9-22(16-6-4-3-5-7-16)36(33,34)30(15)14-17-10-21(27)19(11-20(17)26)25(12-18(31)13-25)23-28-29(2)24(32)35-23/h3-7,10-11,15,18,22,24,31-32H,8-9,12-14H2,1-2H3/t15-,18-,22+,24?,25+/m0/s1. The molecule has 0 bridgehead atoms. The van der Waals surface area contributed by atoms with Crippen LogP contribution in [-0.4, -0.2) is 59.5 Å². The molecular weight excluding hydrogens is 492 g/mol. The van der Waals surface area contributed by atoms with Gasteiger partial charge < -0.3 is 14.9 Å². The third-order valence-corrected chi connectivity index (χ3v) is 9.91. The molecule has 1 aliphatic carbocycles. The van der Waals surface area contributed by atoms with Crippen molar-refractivity contribution >= 4 is 15.9 Å². The molecule has 0 radical (unpaired) electrons. The van der Waals surface area contributed by atoms with Gasteiger partial charge in [-0.25, -0.2) is 22.2 Å². The number of sulfonamides is 1. The third kappa shape index (κ3) is 4.07. The number of benzene rings is 2. The van der Waals surface area contributed by atoms with Crippen molar-refractivity contribution in [1.82, 2.24) is 9.31 Å². The Hall–Kier alpha value is -2.60. The van der Waals surface area contributed by atoms with Crippen LogP contribution < -0.4 is 0 Å². The maximum absolute atomic E-state index is 15.5. The lowest BCUT2D eigenvalue weighted by Gasteiger charge is -2.44. The fourth-order valence-electron chi connectivity index (χ4n) is 5.45. The number of aliphatic hydroxyl groups is 2. The lowest BCUT2D eigenvalue weighted by atomic mass is 9.62. The summed E-state index contributed by atoms with van der Waals surface area (Å²) in [5.41, 5.74) is -0.683. The lowest BCUT2D eigenvalue weighted by Crippen LogP contribution is -2.51. The van der Waals surface area contributed by atoms with Crippen LogP contribution in [0.1, 0.15) is 54.5 Å². The molecule has 2 N–H and O–H groups in total. The summed E-state index contributed by atoms with van der Waals surface area (Å²) < 4.78 is 64.5. The summed E-state index contributed by atoms with van der Waals surface area (Å²) in [6.07, 6.45) is -0.959. The highest BCUT2D eigenvalue weighted by Crippen LogP contribution is 2.48. The number of rotatable bonds is 5. The highest BCUT2D eigenvalue weighted by atomic mass is 32.2. The van der Waals surface area contributed by atoms with Crippen LogP contribution >= 0.6 is 0 Å². The minimum absolute atomic E-state index is 0.00628. The zero-order chi connectivity index (χ0) is 25.8. The van der Waals surface area contributed by atoms with E-state index in [0.717, 1.165) is 17.1 Å². The van der Waals surface area contributed by atoms with Crippen LogP contribution in [0.2, 0.25) is 0 Å². The summed E-state index contributed by atoms with van der Waals surface area (Å²) in [4.78, 5) is 0. The zero-order valence-electron chi connectivity index (χ0n) is 20.0. The van der Waals surface area contributed by atoms with Gasteiger partial charge in [0.15, 0.2) is 0 Å². The first-order chi connectivity index (χ1) is 17.0. The van der Waals surface area contributed by atoms with E-state index in [2.05, 4.69) is 5.10 Å². The Kier molecular flexibility index (Phi) is 6.30. The number of aliphatic hydroxyl groups excluding tert-OH is 2. The lowest BCUT2D eigenvalue weighted by molar-refractivity contribution is -0.113. The highest BCUT2D eigenvalue weighted by molar-refractivity contribution is 7.89. The molecule has 2 fully saturated rings. The molecule has 36 heavy (non-hydrogen) atoms. The molecule has 0 aromatic heterocycles. The Labute approximate surface area is 208 Å². The first-order valence-corrected chi connectivity index (χ1v) is 13.4. The van der Waals surface area contributed by atoms with Gasteiger partial charge in [-0.3, -0.25) is 0 Å². The second-order valence-electron chi connectivity index (χ2n) is 9.91. The summed E-state index contributed by atoms with van der Waals surface area (Å²) in [5.74, 6) is -1.51. The second kappa shape index (κ2) is 9.05. The van der Waals surface area contributed by atoms with Crippen molar-refractivity contribution in [3.8, 4) is 0 Å². The van der Waals surface area contributed by atoms with Gasteiger partial charge in [0.25, 0.3) is 6.41 Å². The Morgan fingerprint density at radius 3 is 2.42 bits per heavy atom. The predicted molar refractivity (Wildman–Crippen MR) is 128 cm³/mol. The number of hydrogen-bond acceptors (Lipinski definition) is 7. The fraction of sp³-hybridized carbons (Fsp3) is 0.480. The fourth-order valence-corrected chi connectivity index (χ4v) is 7.64. The van der Waals surface area contributed by atoms with E-state index in [4.69, 9.17) is 4.74 Å². The van der Waals surface area contributed by atoms with Gasteiger partial charge in [-0.1, -0.05) is 30.3 Å². The average molecular weight is 522 g/mol. The van der Waals surface area contributed by atoms with E-state index in [1.807, 2.05) is 6.07 Å². The molecule has 11 heteroatoms. The van der Waals surface area contributed by atoms with Crippen LogP contribution in [0, 0.1) is 11.6 Å². The van der Waals surface area contributed by atoms with E-state index in [1.54, 1.807) is 31.2 Å². The van der Waals surface area contributed by atoms with E-state index in [1.165, 1.54) is 11.4 Å². The molecule has 3 atom stereocenters. The molecule has 1 saturated carbocycles. The van der Waals surface area contributed by atoms with Crippen molar-refractivity contribution in [3.05, 3.63) is 70.8 Å². The van der Waals surface area contributed by atoms with Crippen LogP contribution in [0.3, 0.4) is 0 Å². The maximum atomic E-state index is 15.5. The minimum atomic E-state index is -3.82. The first kappa shape index (κ1) is 25.1. The zero-order valence-corrected chi connectivity index (χ0v) is 20.8. The number of hydrazone groups is 1. The quantitative estimate of drug-likeness (QED) is 0.627. The van der Waals surface area contributed by atoms with E-state index < -0.39 is 44.8 Å². The first-order valence-electron chi connectivity index (χ1n) is 11.9. The Balaban J connectivity index is 1.46. The van der Waals surface area contributed by atoms with E-state index >= 15 is 8.78 Å². The molecule has 3 aliphatic rings. The summed E-state index contributed by atoms with van der Waals surface area (Å²) in [5, 5.41) is 24.4. The smallest absolute Gasteiger partial charge is 0.297 e. The summed E-state index contributed by atoms with van der Waals surface area (Å²) in [6.45, 7) is 1.47. The molecule has 0 spiro atoms. The predicted octanol–water partition coefficient (Wildman–Crippen LogP) is 2.96. The maximum Gasteiger partial charge on any atom is 0.297 e. The second-order valence-corrected chi connectivity index (χ2v) is 12.0. The van der Waals surface area contributed by atoms with Crippen LogP contribution in [0.15, 0.2) is 47.6 Å². The summed E-state index contributed by atoms with van der Waals surface area (Å²) >= 11 is 0. The van der Waals surface area contributed by atoms with E-state index in [0.29, 0.717) is 18.4 Å². The van der Waals surface area contributed by atoms with Crippen LogP contribution in [0.4, 0.5) is 8.78 Å². The SMILES string of the molecule is C[C@H]1CC[C@H](c2ccccc2)S(=O)(=O)N1Cc1cc(F)c([C@]2(C3=NN(C)C(O)O3)C[C@@H](O)C2)cc1F. The van der Waals surface area contributed by atoms with Crippen LogP contribution in [0.25, 0.3) is 0 Å². The minimum Gasteiger partial charge on any atom is -0.429 e. The van der Waals surface area contributed by atoms with Crippen LogP contribution in [-0.2, 0) is 26.7 Å². The molecule has 5 rings (SSSR count). The van der Waals surface area contributed by atoms with Gasteiger partial charge in [0, 0.05) is 30.8 Å². The van der Waals surface area contributed by atoms with E-state index in [9.17, 15) is 18.6 Å². The van der Waals surface area contributed by atoms with Crippen molar-refractivity contribution in [1.29, 1.82) is 0 Å². The molecule has 1 saturated heterocycles. The van der Waals surface area contributed by atoms with Crippen LogP contribution in [0.5, 0.6) is 0 Å². The Morgan fingerprint density at radius 1 is 1.11 bits per heavy atom. The van der Waals surface area contributed by atoms with Crippen molar-refractivity contribution in [2.45, 2.75) is 68.4 Å². The molecule has 0 amide bonds. The molecule has 2 aromatic carbocycles. The molecule has 2 aliphatic heterocycles. The van der Waals surface area contributed by atoms with Gasteiger partial charge >= 0.3 is 0 Å². The summed E-state index contributed by atoms with van der Waals surface area (Å²) in [6, 6.07) is 10.6. The number of hydrogen-bond donors (Lipinski definition) is 2. The van der Waals surface area contributed by atoms with Crippen molar-refractivity contribution in [2.24, 2.45) is 5.10 Å². The monoisotopic (exact) mass is 521 g/mol. The van der Waals surface area contributed by atoms with Crippen molar-refractivity contribution in [3.63, 3.8) is 0 Å². The number of nitrogens with zero attached hydrogens (tertiary/aromatic N) is 3. The Morgan fingerprint density at radius 2 is 1.81 bits per heavy atom. The largest absolute Gasteiger partial charge is 0.429 e. The van der Waals surface area contributed by atoms with Gasteiger partial charge in [0.1, 0.15) is 16.9 Å². The Bertz CT molecular complexity index is 1280. The summed E-state index contributed by atoms with van der Waals surface area (Å²) in [7, 11) is -2.34. The number of ether oxygens (including phenoxy) is 1. The molecule has 8 nitrogen and oxygen atoms in total. The topological polar surface area (TPSA) is 103 Å². The van der Waals surface area contributed by atoms with E-state index in [-0.39, 0.29) is 42.5 Å². The van der Waals surface area contributed by atoms with Gasteiger partial charge in [-0.15, -0.1) is 5.10 Å². The molecular formula is C25H29F2N3O5S.